The molecule has 0 radical (unpaired) electrons. The molecule has 0 atom stereocenters. The van der Waals surface area contributed by atoms with Crippen LogP contribution in [-0.4, -0.2) is 13.3 Å². The van der Waals surface area contributed by atoms with Crippen molar-refractivity contribution in [2.45, 2.75) is 46.0 Å². The first-order valence-corrected chi connectivity index (χ1v) is 4.68. The third-order valence-electron chi connectivity index (χ3n) is 1.80. The minimum Gasteiger partial charge on any atom is -0.301 e. The van der Waals surface area contributed by atoms with Gasteiger partial charge in [-0.2, -0.15) is 0 Å². The number of rotatable bonds is 6. The smallest absolute Gasteiger partial charge is 0.0273 e. The Kier molecular flexibility index (Phi) is 7.54. The maximum Gasteiger partial charge on any atom is 0.0273 e. The SMILES string of the molecule is CN=CCCCCCC(C)C. The molecule has 0 saturated carbocycles. The Balaban J connectivity index is 2.91. The number of hydrogen-bond donors (Lipinski definition) is 0. The van der Waals surface area contributed by atoms with Crippen LogP contribution in [0.5, 0.6) is 0 Å². The summed E-state index contributed by atoms with van der Waals surface area (Å²) in [7, 11) is 1.84. The molecule has 11 heavy (non-hydrogen) atoms. The Morgan fingerprint density at radius 3 is 2.45 bits per heavy atom. The Bertz CT molecular complexity index is 95.0. The van der Waals surface area contributed by atoms with E-state index in [0.29, 0.717) is 0 Å². The van der Waals surface area contributed by atoms with E-state index >= 15 is 0 Å². The predicted molar refractivity (Wildman–Crippen MR) is 52.3 cm³/mol. The third kappa shape index (κ3) is 9.67. The van der Waals surface area contributed by atoms with Crippen LogP contribution in [0.25, 0.3) is 0 Å². The van der Waals surface area contributed by atoms with E-state index in [1.165, 1.54) is 25.7 Å². The third-order valence-corrected chi connectivity index (χ3v) is 1.80. The molecule has 0 bridgehead atoms. The first-order chi connectivity index (χ1) is 5.27. The zero-order valence-electron chi connectivity index (χ0n) is 8.14. The van der Waals surface area contributed by atoms with Crippen molar-refractivity contribution in [3.63, 3.8) is 0 Å². The number of nitrogens with zero attached hydrogens (tertiary/aromatic N) is 1. The molecule has 0 saturated heterocycles. The molecule has 0 fully saturated rings. The molecule has 1 nitrogen and oxygen atoms in total. The van der Waals surface area contributed by atoms with Gasteiger partial charge in [0.1, 0.15) is 0 Å². The van der Waals surface area contributed by atoms with Crippen molar-refractivity contribution >= 4 is 6.21 Å². The van der Waals surface area contributed by atoms with Gasteiger partial charge in [0.25, 0.3) is 0 Å². The minimum atomic E-state index is 0.870. The summed E-state index contributed by atoms with van der Waals surface area (Å²) in [6.07, 6.45) is 8.61. The Morgan fingerprint density at radius 2 is 1.91 bits per heavy atom. The highest BCUT2D eigenvalue weighted by atomic mass is 14.6. The molecule has 1 heteroatoms. The highest BCUT2D eigenvalue weighted by molar-refractivity contribution is 5.56. The average Bonchev–Trinajstić information content (AvgIpc) is 1.96. The van der Waals surface area contributed by atoms with Gasteiger partial charge >= 0.3 is 0 Å². The van der Waals surface area contributed by atoms with Crippen LogP contribution in [0.4, 0.5) is 0 Å². The second-order valence-electron chi connectivity index (χ2n) is 3.47. The first-order valence-electron chi connectivity index (χ1n) is 4.68. The molecule has 0 aromatic carbocycles. The Labute approximate surface area is 70.9 Å². The van der Waals surface area contributed by atoms with Crippen molar-refractivity contribution in [3.8, 4) is 0 Å². The molecule has 66 valence electrons. The van der Waals surface area contributed by atoms with Crippen LogP contribution in [-0.2, 0) is 0 Å². The molecule has 0 aromatic rings. The quantitative estimate of drug-likeness (QED) is 0.412. The Morgan fingerprint density at radius 1 is 1.18 bits per heavy atom. The number of hydrogen-bond acceptors (Lipinski definition) is 1. The van der Waals surface area contributed by atoms with Crippen LogP contribution in [0, 0.1) is 5.92 Å². The van der Waals surface area contributed by atoms with Crippen molar-refractivity contribution in [3.05, 3.63) is 0 Å². The normalized spacial score (nSPS) is 11.6. The molecule has 0 aliphatic heterocycles. The van der Waals surface area contributed by atoms with E-state index in [-0.39, 0.29) is 0 Å². The summed E-state index contributed by atoms with van der Waals surface area (Å²) >= 11 is 0. The Hall–Kier alpha value is -0.330. The summed E-state index contributed by atoms with van der Waals surface area (Å²) in [4.78, 5) is 3.94. The van der Waals surface area contributed by atoms with Crippen LogP contribution < -0.4 is 0 Å². The highest BCUT2D eigenvalue weighted by Crippen LogP contribution is 2.08. The fourth-order valence-electron chi connectivity index (χ4n) is 1.09. The standard InChI is InChI=1S/C10H21N/c1-10(2)8-6-4-5-7-9-11-3/h9-10H,4-8H2,1-3H3. The van der Waals surface area contributed by atoms with Gasteiger partial charge in [-0.05, 0) is 25.0 Å². The van der Waals surface area contributed by atoms with Gasteiger partial charge in [0.15, 0.2) is 0 Å². The van der Waals surface area contributed by atoms with E-state index in [4.69, 9.17) is 0 Å². The molecule has 0 amide bonds. The molecule has 0 rings (SSSR count). The van der Waals surface area contributed by atoms with Gasteiger partial charge in [-0.1, -0.05) is 33.1 Å². The second kappa shape index (κ2) is 7.77. The number of unbranched alkanes of at least 4 members (excludes halogenated alkanes) is 3. The summed E-state index contributed by atoms with van der Waals surface area (Å²) in [5, 5.41) is 0. The lowest BCUT2D eigenvalue weighted by molar-refractivity contribution is 0.531. The molecular formula is C10H21N. The molecule has 0 aliphatic rings. The minimum absolute atomic E-state index is 0.870. The fourth-order valence-corrected chi connectivity index (χ4v) is 1.09. The van der Waals surface area contributed by atoms with Crippen LogP contribution in [0.1, 0.15) is 46.0 Å². The zero-order chi connectivity index (χ0) is 8.53. The average molecular weight is 155 g/mol. The zero-order valence-corrected chi connectivity index (χ0v) is 8.14. The summed E-state index contributed by atoms with van der Waals surface area (Å²) in [5.41, 5.74) is 0. The van der Waals surface area contributed by atoms with Gasteiger partial charge in [-0.3, -0.25) is 0 Å². The van der Waals surface area contributed by atoms with Gasteiger partial charge in [0.05, 0.1) is 0 Å². The lowest BCUT2D eigenvalue weighted by Crippen LogP contribution is -1.87. The van der Waals surface area contributed by atoms with E-state index in [1.54, 1.807) is 0 Å². The van der Waals surface area contributed by atoms with Crippen molar-refractivity contribution in [1.82, 2.24) is 0 Å². The van der Waals surface area contributed by atoms with Crippen molar-refractivity contribution < 1.29 is 0 Å². The maximum absolute atomic E-state index is 3.94. The summed E-state index contributed by atoms with van der Waals surface area (Å²) in [6, 6.07) is 0. The van der Waals surface area contributed by atoms with Gasteiger partial charge in [-0.25, -0.2) is 0 Å². The van der Waals surface area contributed by atoms with Crippen LogP contribution in [0.3, 0.4) is 0 Å². The monoisotopic (exact) mass is 155 g/mol. The molecule has 0 unspecified atom stereocenters. The maximum atomic E-state index is 3.94. The van der Waals surface area contributed by atoms with Crippen LogP contribution in [0.15, 0.2) is 4.99 Å². The summed E-state index contributed by atoms with van der Waals surface area (Å²) in [5.74, 6) is 0.870. The summed E-state index contributed by atoms with van der Waals surface area (Å²) < 4.78 is 0. The van der Waals surface area contributed by atoms with Crippen molar-refractivity contribution in [1.29, 1.82) is 0 Å². The van der Waals surface area contributed by atoms with Crippen molar-refractivity contribution in [2.75, 3.05) is 7.05 Å². The topological polar surface area (TPSA) is 12.4 Å². The van der Waals surface area contributed by atoms with E-state index in [9.17, 15) is 0 Å². The van der Waals surface area contributed by atoms with E-state index in [1.807, 2.05) is 13.3 Å². The van der Waals surface area contributed by atoms with E-state index < -0.39 is 0 Å². The van der Waals surface area contributed by atoms with Crippen LogP contribution >= 0.6 is 0 Å². The van der Waals surface area contributed by atoms with Crippen LogP contribution in [0.2, 0.25) is 0 Å². The predicted octanol–water partition coefficient (Wildman–Crippen LogP) is 3.29. The van der Waals surface area contributed by atoms with Crippen molar-refractivity contribution in [2.24, 2.45) is 10.9 Å². The molecule has 0 aromatic heterocycles. The number of aliphatic imine (C=N–C) groups is 1. The molecule has 0 N–H and O–H groups in total. The lowest BCUT2D eigenvalue weighted by Gasteiger charge is -2.02. The van der Waals surface area contributed by atoms with E-state index in [0.717, 1.165) is 12.3 Å². The second-order valence-corrected chi connectivity index (χ2v) is 3.47. The van der Waals surface area contributed by atoms with Gasteiger partial charge in [0.2, 0.25) is 0 Å². The van der Waals surface area contributed by atoms with Gasteiger partial charge in [0, 0.05) is 7.05 Å². The molecule has 0 spiro atoms. The first kappa shape index (κ1) is 10.7. The van der Waals surface area contributed by atoms with Gasteiger partial charge < -0.3 is 4.99 Å². The van der Waals surface area contributed by atoms with Gasteiger partial charge in [-0.15, -0.1) is 0 Å². The largest absolute Gasteiger partial charge is 0.301 e. The summed E-state index contributed by atoms with van der Waals surface area (Å²) in [6.45, 7) is 4.57. The highest BCUT2D eigenvalue weighted by Gasteiger charge is 1.92. The lowest BCUT2D eigenvalue weighted by atomic mass is 10.0. The molecule has 0 heterocycles. The molecular weight excluding hydrogens is 134 g/mol. The fraction of sp³-hybridized carbons (Fsp3) is 0.900. The van der Waals surface area contributed by atoms with E-state index in [2.05, 4.69) is 18.8 Å². The molecule has 0 aliphatic carbocycles.